The van der Waals surface area contributed by atoms with Crippen molar-refractivity contribution in [3.8, 4) is 5.75 Å². The van der Waals surface area contributed by atoms with Crippen LogP contribution in [0.25, 0.3) is 0 Å². The first-order valence-corrected chi connectivity index (χ1v) is 5.32. The number of carbonyl (C=O) groups is 1. The second kappa shape index (κ2) is 4.21. The van der Waals surface area contributed by atoms with Gasteiger partial charge < -0.3 is 10.4 Å². The van der Waals surface area contributed by atoms with Crippen molar-refractivity contribution >= 4 is 17.4 Å². The lowest BCUT2D eigenvalue weighted by atomic mass is 10.0. The Hall–Kier alpha value is -1.06. The van der Waals surface area contributed by atoms with Gasteiger partial charge in [0, 0.05) is 5.02 Å². The van der Waals surface area contributed by atoms with Crippen molar-refractivity contribution in [3.05, 3.63) is 28.8 Å². The predicted molar refractivity (Wildman–Crippen MR) is 58.5 cm³/mol. The van der Waals surface area contributed by atoms with Crippen LogP contribution in [-0.4, -0.2) is 23.5 Å². The summed E-state index contributed by atoms with van der Waals surface area (Å²) in [5, 5.41) is 13.1. The van der Waals surface area contributed by atoms with Crippen LogP contribution in [0.2, 0.25) is 5.02 Å². The molecule has 0 amide bonds. The zero-order chi connectivity index (χ0) is 10.8. The number of halogens is 1. The molecule has 1 unspecified atom stereocenters. The van der Waals surface area contributed by atoms with E-state index in [1.165, 1.54) is 12.1 Å². The number of nitrogens with one attached hydrogen (secondary N) is 1. The van der Waals surface area contributed by atoms with E-state index in [4.69, 9.17) is 11.6 Å². The van der Waals surface area contributed by atoms with E-state index in [9.17, 15) is 9.90 Å². The highest BCUT2D eigenvalue weighted by Crippen LogP contribution is 2.24. The number of phenolic OH excluding ortho intramolecular Hbond substituents is 1. The second-order valence-corrected chi connectivity index (χ2v) is 4.11. The van der Waals surface area contributed by atoms with Gasteiger partial charge in [0.1, 0.15) is 5.75 Å². The van der Waals surface area contributed by atoms with Crippen LogP contribution in [-0.2, 0) is 0 Å². The molecule has 2 rings (SSSR count). The van der Waals surface area contributed by atoms with Gasteiger partial charge >= 0.3 is 0 Å². The Kier molecular flexibility index (Phi) is 2.93. The number of rotatable bonds is 2. The molecule has 15 heavy (non-hydrogen) atoms. The molecule has 1 aliphatic heterocycles. The highest BCUT2D eigenvalue weighted by molar-refractivity contribution is 6.31. The van der Waals surface area contributed by atoms with Gasteiger partial charge in [-0.1, -0.05) is 11.6 Å². The van der Waals surface area contributed by atoms with Crippen LogP contribution in [0.1, 0.15) is 23.2 Å². The van der Waals surface area contributed by atoms with E-state index in [2.05, 4.69) is 5.32 Å². The van der Waals surface area contributed by atoms with Crippen LogP contribution in [0.5, 0.6) is 5.75 Å². The van der Waals surface area contributed by atoms with Crippen molar-refractivity contribution in [1.29, 1.82) is 0 Å². The molecule has 0 aromatic heterocycles. The van der Waals surface area contributed by atoms with Gasteiger partial charge in [-0.2, -0.15) is 0 Å². The summed E-state index contributed by atoms with van der Waals surface area (Å²) < 4.78 is 0. The minimum absolute atomic E-state index is 0.00176. The van der Waals surface area contributed by atoms with Crippen LogP contribution < -0.4 is 5.32 Å². The molecule has 80 valence electrons. The molecule has 1 heterocycles. The largest absolute Gasteiger partial charge is 0.507 e. The Morgan fingerprint density at radius 1 is 1.53 bits per heavy atom. The number of phenols is 1. The average Bonchev–Trinajstić information content (AvgIpc) is 2.74. The molecule has 1 aromatic rings. The lowest BCUT2D eigenvalue weighted by Gasteiger charge is -2.10. The first kappa shape index (κ1) is 10.5. The van der Waals surface area contributed by atoms with Crippen molar-refractivity contribution in [2.24, 2.45) is 0 Å². The third-order valence-corrected chi connectivity index (χ3v) is 2.84. The Labute approximate surface area is 93.1 Å². The van der Waals surface area contributed by atoms with Gasteiger partial charge in [0.15, 0.2) is 5.78 Å². The average molecular weight is 226 g/mol. The van der Waals surface area contributed by atoms with E-state index in [0.29, 0.717) is 10.6 Å². The molecular weight excluding hydrogens is 214 g/mol. The summed E-state index contributed by atoms with van der Waals surface area (Å²) >= 11 is 5.78. The predicted octanol–water partition coefficient (Wildman–Crippen LogP) is 1.98. The Bertz CT molecular complexity index is 386. The summed E-state index contributed by atoms with van der Waals surface area (Å²) in [7, 11) is 0. The molecule has 1 saturated heterocycles. The lowest BCUT2D eigenvalue weighted by Crippen LogP contribution is -2.30. The van der Waals surface area contributed by atoms with E-state index in [-0.39, 0.29) is 17.6 Å². The lowest BCUT2D eigenvalue weighted by molar-refractivity contribution is 0.0949. The van der Waals surface area contributed by atoms with E-state index in [1.807, 2.05) is 0 Å². The highest BCUT2D eigenvalue weighted by Gasteiger charge is 2.25. The monoisotopic (exact) mass is 225 g/mol. The Morgan fingerprint density at radius 3 is 3.00 bits per heavy atom. The standard InChI is InChI=1S/C11H12ClNO2/c12-7-3-4-10(14)8(6-7)11(15)9-2-1-5-13-9/h3-4,6,9,13-14H,1-2,5H2. The van der Waals surface area contributed by atoms with Crippen LogP contribution in [0.3, 0.4) is 0 Å². The smallest absolute Gasteiger partial charge is 0.183 e. The molecule has 0 aliphatic carbocycles. The van der Waals surface area contributed by atoms with Gasteiger partial charge in [-0.3, -0.25) is 4.79 Å². The minimum atomic E-state index is -0.172. The quantitative estimate of drug-likeness (QED) is 0.757. The summed E-state index contributed by atoms with van der Waals surface area (Å²) in [4.78, 5) is 11.9. The molecule has 0 radical (unpaired) electrons. The van der Waals surface area contributed by atoms with Crippen molar-refractivity contribution in [1.82, 2.24) is 5.32 Å². The molecule has 0 saturated carbocycles. The van der Waals surface area contributed by atoms with E-state index in [1.54, 1.807) is 6.07 Å². The van der Waals surface area contributed by atoms with Gasteiger partial charge in [-0.05, 0) is 37.6 Å². The third kappa shape index (κ3) is 2.13. The maximum Gasteiger partial charge on any atom is 0.183 e. The van der Waals surface area contributed by atoms with Gasteiger partial charge in [-0.15, -0.1) is 0 Å². The van der Waals surface area contributed by atoms with Crippen LogP contribution >= 0.6 is 11.6 Å². The fraction of sp³-hybridized carbons (Fsp3) is 0.364. The number of aromatic hydroxyl groups is 1. The molecule has 3 nitrogen and oxygen atoms in total. The summed E-state index contributed by atoms with van der Waals surface area (Å²) in [6.45, 7) is 0.859. The van der Waals surface area contributed by atoms with E-state index >= 15 is 0 Å². The molecule has 1 fully saturated rings. The number of hydrogen-bond acceptors (Lipinski definition) is 3. The first-order valence-electron chi connectivity index (χ1n) is 4.94. The molecule has 4 heteroatoms. The number of carbonyl (C=O) groups excluding carboxylic acids is 1. The van der Waals surface area contributed by atoms with Gasteiger partial charge in [0.25, 0.3) is 0 Å². The van der Waals surface area contributed by atoms with Crippen molar-refractivity contribution in [3.63, 3.8) is 0 Å². The summed E-state index contributed by atoms with van der Waals surface area (Å²) in [6, 6.07) is 4.36. The SMILES string of the molecule is O=C(c1cc(Cl)ccc1O)C1CCCN1. The Morgan fingerprint density at radius 2 is 2.33 bits per heavy atom. The van der Waals surface area contributed by atoms with E-state index < -0.39 is 0 Å². The topological polar surface area (TPSA) is 49.3 Å². The maximum absolute atomic E-state index is 11.9. The molecule has 1 aliphatic rings. The van der Waals surface area contributed by atoms with Crippen molar-refractivity contribution in [2.45, 2.75) is 18.9 Å². The second-order valence-electron chi connectivity index (χ2n) is 3.67. The molecule has 0 spiro atoms. The van der Waals surface area contributed by atoms with Crippen LogP contribution in [0.15, 0.2) is 18.2 Å². The van der Waals surface area contributed by atoms with Crippen molar-refractivity contribution < 1.29 is 9.90 Å². The van der Waals surface area contributed by atoms with Gasteiger partial charge in [0.2, 0.25) is 0 Å². The number of benzene rings is 1. The minimum Gasteiger partial charge on any atom is -0.507 e. The molecule has 1 atom stereocenters. The summed E-state index contributed by atoms with van der Waals surface area (Å²) in [5.41, 5.74) is 0.307. The third-order valence-electron chi connectivity index (χ3n) is 2.60. The van der Waals surface area contributed by atoms with Crippen LogP contribution in [0.4, 0.5) is 0 Å². The molecular formula is C11H12ClNO2. The summed E-state index contributed by atoms with van der Waals surface area (Å²) in [6.07, 6.45) is 1.82. The first-order chi connectivity index (χ1) is 7.18. The van der Waals surface area contributed by atoms with Gasteiger partial charge in [0.05, 0.1) is 11.6 Å². The number of Topliss-reactive ketones (excluding diaryl/α,β-unsaturated/α-hetero) is 1. The fourth-order valence-electron chi connectivity index (χ4n) is 1.80. The molecule has 2 N–H and O–H groups in total. The van der Waals surface area contributed by atoms with Crippen LogP contribution in [0, 0.1) is 0 Å². The highest BCUT2D eigenvalue weighted by atomic mass is 35.5. The zero-order valence-corrected chi connectivity index (χ0v) is 8.92. The maximum atomic E-state index is 11.9. The number of ketones is 1. The van der Waals surface area contributed by atoms with E-state index in [0.717, 1.165) is 19.4 Å². The van der Waals surface area contributed by atoms with Crippen molar-refractivity contribution in [2.75, 3.05) is 6.54 Å². The zero-order valence-electron chi connectivity index (χ0n) is 8.16. The summed E-state index contributed by atoms with van der Waals surface area (Å²) in [5.74, 6) is -0.0781. The fourth-order valence-corrected chi connectivity index (χ4v) is 1.97. The molecule has 1 aromatic carbocycles. The Balaban J connectivity index is 2.27. The normalized spacial score (nSPS) is 20.5. The molecule has 0 bridgehead atoms. The van der Waals surface area contributed by atoms with Gasteiger partial charge in [-0.25, -0.2) is 0 Å². The number of hydrogen-bond donors (Lipinski definition) is 2.